The largest absolute Gasteiger partial charge is 0.504 e. The van der Waals surface area contributed by atoms with E-state index in [2.05, 4.69) is 19.2 Å². The maximum atomic E-state index is 12.0. The van der Waals surface area contributed by atoms with Crippen molar-refractivity contribution in [3.63, 3.8) is 0 Å². The summed E-state index contributed by atoms with van der Waals surface area (Å²) in [4.78, 5) is 12.0. The molecule has 3 N–H and O–H groups in total. The van der Waals surface area contributed by atoms with Gasteiger partial charge in [-0.2, -0.15) is 0 Å². The third-order valence-corrected chi connectivity index (χ3v) is 4.02. The molecule has 18 heavy (non-hydrogen) atoms. The summed E-state index contributed by atoms with van der Waals surface area (Å²) < 4.78 is 0. The smallest absolute Gasteiger partial charge is 0.251 e. The van der Waals surface area contributed by atoms with Crippen molar-refractivity contribution in [3.8, 4) is 11.5 Å². The minimum absolute atomic E-state index is 0.198. The number of nitrogens with one attached hydrogen (secondary N) is 1. The van der Waals surface area contributed by atoms with E-state index in [4.69, 9.17) is 0 Å². The molecule has 0 aliphatic heterocycles. The first-order valence-electron chi connectivity index (χ1n) is 6.32. The average molecular weight is 249 g/mol. The number of amides is 1. The van der Waals surface area contributed by atoms with Crippen molar-refractivity contribution >= 4 is 5.91 Å². The number of phenols is 2. The van der Waals surface area contributed by atoms with Crippen LogP contribution in [-0.2, 0) is 0 Å². The molecule has 1 aliphatic rings. The number of hydrogen-bond donors (Lipinski definition) is 3. The zero-order valence-electron chi connectivity index (χ0n) is 10.7. The highest BCUT2D eigenvalue weighted by molar-refractivity contribution is 5.95. The molecule has 2 rings (SSSR count). The Kier molecular flexibility index (Phi) is 3.45. The van der Waals surface area contributed by atoms with Crippen LogP contribution < -0.4 is 5.32 Å². The van der Waals surface area contributed by atoms with Gasteiger partial charge in [-0.05, 0) is 42.9 Å². The molecule has 4 nitrogen and oxygen atoms in total. The molecule has 4 heteroatoms. The van der Waals surface area contributed by atoms with Gasteiger partial charge in [0.1, 0.15) is 0 Å². The Morgan fingerprint density at radius 2 is 1.94 bits per heavy atom. The lowest BCUT2D eigenvalue weighted by Gasteiger charge is -2.19. The van der Waals surface area contributed by atoms with Crippen LogP contribution in [0.1, 0.15) is 37.0 Å². The molecule has 1 aromatic rings. The minimum Gasteiger partial charge on any atom is -0.504 e. The van der Waals surface area contributed by atoms with Gasteiger partial charge in [-0.3, -0.25) is 4.79 Å². The van der Waals surface area contributed by atoms with Crippen molar-refractivity contribution in [1.82, 2.24) is 5.32 Å². The number of hydrogen-bond acceptors (Lipinski definition) is 3. The van der Waals surface area contributed by atoms with Gasteiger partial charge in [0.25, 0.3) is 5.91 Å². The highest BCUT2D eigenvalue weighted by Crippen LogP contribution is 2.31. The van der Waals surface area contributed by atoms with Crippen LogP contribution in [0.4, 0.5) is 0 Å². The summed E-state index contributed by atoms with van der Waals surface area (Å²) in [5.41, 5.74) is 0.372. The van der Waals surface area contributed by atoms with Crippen LogP contribution in [0.2, 0.25) is 0 Å². The van der Waals surface area contributed by atoms with Crippen LogP contribution in [0.25, 0.3) is 0 Å². The van der Waals surface area contributed by atoms with Crippen molar-refractivity contribution in [1.29, 1.82) is 0 Å². The van der Waals surface area contributed by atoms with E-state index < -0.39 is 0 Å². The topological polar surface area (TPSA) is 69.6 Å². The molecule has 3 atom stereocenters. The third kappa shape index (κ3) is 2.42. The van der Waals surface area contributed by atoms with E-state index in [0.717, 1.165) is 12.8 Å². The van der Waals surface area contributed by atoms with Gasteiger partial charge in [-0.1, -0.05) is 13.8 Å². The molecule has 0 radical (unpaired) electrons. The lowest BCUT2D eigenvalue weighted by molar-refractivity contribution is 0.0927. The summed E-state index contributed by atoms with van der Waals surface area (Å²) in [6.07, 6.45) is 2.13. The van der Waals surface area contributed by atoms with Crippen LogP contribution in [0.3, 0.4) is 0 Å². The Bertz CT molecular complexity index is 458. The summed E-state index contributed by atoms with van der Waals surface area (Å²) in [6, 6.07) is 4.31. The number of rotatable bonds is 2. The second-order valence-electron chi connectivity index (χ2n) is 5.20. The molecule has 1 saturated carbocycles. The first-order valence-corrected chi connectivity index (χ1v) is 6.32. The Hall–Kier alpha value is -1.71. The van der Waals surface area contributed by atoms with E-state index in [-0.39, 0.29) is 23.4 Å². The maximum Gasteiger partial charge on any atom is 0.251 e. The van der Waals surface area contributed by atoms with E-state index in [1.807, 2.05) is 0 Å². The van der Waals surface area contributed by atoms with Gasteiger partial charge in [-0.25, -0.2) is 0 Å². The van der Waals surface area contributed by atoms with Gasteiger partial charge >= 0.3 is 0 Å². The average Bonchev–Trinajstić information content (AvgIpc) is 2.64. The second kappa shape index (κ2) is 4.88. The summed E-state index contributed by atoms with van der Waals surface area (Å²) in [7, 11) is 0. The quantitative estimate of drug-likeness (QED) is 0.704. The summed E-state index contributed by atoms with van der Waals surface area (Å²) in [5.74, 6) is 0.421. The SMILES string of the molecule is CC1CCC(NC(=O)c2ccc(O)c(O)c2)C1C. The molecule has 1 fully saturated rings. The molecule has 0 bridgehead atoms. The van der Waals surface area contributed by atoms with Crippen molar-refractivity contribution in [2.45, 2.75) is 32.7 Å². The molecule has 0 aromatic heterocycles. The van der Waals surface area contributed by atoms with Crippen LogP contribution in [0.15, 0.2) is 18.2 Å². The minimum atomic E-state index is -0.268. The van der Waals surface area contributed by atoms with E-state index >= 15 is 0 Å². The predicted molar refractivity (Wildman–Crippen MR) is 68.6 cm³/mol. The van der Waals surface area contributed by atoms with E-state index in [0.29, 0.717) is 17.4 Å². The van der Waals surface area contributed by atoms with Gasteiger partial charge in [-0.15, -0.1) is 0 Å². The molecular weight excluding hydrogens is 230 g/mol. The number of aromatic hydroxyl groups is 2. The second-order valence-corrected chi connectivity index (χ2v) is 5.20. The van der Waals surface area contributed by atoms with Gasteiger partial charge in [0.05, 0.1) is 0 Å². The fraction of sp³-hybridized carbons (Fsp3) is 0.500. The summed E-state index contributed by atoms with van der Waals surface area (Å²) in [6.45, 7) is 4.35. The lowest BCUT2D eigenvalue weighted by atomic mass is 9.97. The zero-order valence-corrected chi connectivity index (χ0v) is 10.7. The molecule has 1 aliphatic carbocycles. The van der Waals surface area contributed by atoms with Crippen molar-refractivity contribution in [2.24, 2.45) is 11.8 Å². The standard InChI is InChI=1S/C14H19NO3/c1-8-3-5-11(9(8)2)15-14(18)10-4-6-12(16)13(17)7-10/h4,6-9,11,16-17H,3,5H2,1-2H3,(H,15,18). The number of carbonyl (C=O) groups is 1. The van der Waals surface area contributed by atoms with E-state index in [1.165, 1.54) is 18.2 Å². The molecule has 0 saturated heterocycles. The van der Waals surface area contributed by atoms with Crippen LogP contribution in [-0.4, -0.2) is 22.2 Å². The summed E-state index contributed by atoms with van der Waals surface area (Å²) in [5, 5.41) is 21.6. The predicted octanol–water partition coefficient (Wildman–Crippen LogP) is 2.26. The molecule has 98 valence electrons. The first kappa shape index (κ1) is 12.7. The van der Waals surface area contributed by atoms with Gasteiger partial charge in [0.15, 0.2) is 11.5 Å². The van der Waals surface area contributed by atoms with E-state index in [9.17, 15) is 15.0 Å². The van der Waals surface area contributed by atoms with Crippen LogP contribution >= 0.6 is 0 Å². The summed E-state index contributed by atoms with van der Waals surface area (Å²) >= 11 is 0. The van der Waals surface area contributed by atoms with Crippen LogP contribution in [0, 0.1) is 11.8 Å². The van der Waals surface area contributed by atoms with Gasteiger partial charge in [0.2, 0.25) is 0 Å². The molecular formula is C14H19NO3. The first-order chi connectivity index (χ1) is 8.49. The normalized spacial score (nSPS) is 27.1. The van der Waals surface area contributed by atoms with Gasteiger partial charge < -0.3 is 15.5 Å². The molecule has 0 spiro atoms. The van der Waals surface area contributed by atoms with Crippen LogP contribution in [0.5, 0.6) is 11.5 Å². The molecule has 3 unspecified atom stereocenters. The fourth-order valence-electron chi connectivity index (χ4n) is 2.48. The van der Waals surface area contributed by atoms with Crippen molar-refractivity contribution in [2.75, 3.05) is 0 Å². The monoisotopic (exact) mass is 249 g/mol. The Labute approximate surface area is 107 Å². The number of carbonyl (C=O) groups excluding carboxylic acids is 1. The molecule has 0 heterocycles. The zero-order chi connectivity index (χ0) is 13.3. The number of phenolic OH excluding ortho intramolecular Hbond substituents is 2. The Morgan fingerprint density at radius 3 is 2.50 bits per heavy atom. The number of benzene rings is 1. The Morgan fingerprint density at radius 1 is 1.22 bits per heavy atom. The highest BCUT2D eigenvalue weighted by Gasteiger charge is 2.30. The van der Waals surface area contributed by atoms with Gasteiger partial charge in [0, 0.05) is 11.6 Å². The Balaban J connectivity index is 2.06. The maximum absolute atomic E-state index is 12.0. The lowest BCUT2D eigenvalue weighted by Crippen LogP contribution is -2.37. The molecule has 1 aromatic carbocycles. The third-order valence-electron chi connectivity index (χ3n) is 4.02. The van der Waals surface area contributed by atoms with Crippen molar-refractivity contribution < 1.29 is 15.0 Å². The van der Waals surface area contributed by atoms with Crippen molar-refractivity contribution in [3.05, 3.63) is 23.8 Å². The van der Waals surface area contributed by atoms with E-state index in [1.54, 1.807) is 0 Å². The molecule has 1 amide bonds. The fourth-order valence-corrected chi connectivity index (χ4v) is 2.48. The highest BCUT2D eigenvalue weighted by atomic mass is 16.3.